The maximum absolute atomic E-state index is 12.6. The lowest BCUT2D eigenvalue weighted by Crippen LogP contribution is -2.16. The van der Waals surface area contributed by atoms with Gasteiger partial charge in [0.25, 0.3) is 5.95 Å². The fourth-order valence-corrected chi connectivity index (χ4v) is 2.98. The number of aromatic nitrogens is 5. The van der Waals surface area contributed by atoms with Crippen LogP contribution in [0.4, 0.5) is 5.82 Å². The highest BCUT2D eigenvalue weighted by Gasteiger charge is 2.22. The Morgan fingerprint density at radius 3 is 2.52 bits per heavy atom. The molecule has 0 aliphatic carbocycles. The second kappa shape index (κ2) is 8.51. The third-order valence-corrected chi connectivity index (χ3v) is 4.66. The van der Waals surface area contributed by atoms with Crippen LogP contribution in [0.15, 0.2) is 65.5 Å². The van der Waals surface area contributed by atoms with Crippen LogP contribution < -0.4 is 5.32 Å². The number of benzene rings is 1. The van der Waals surface area contributed by atoms with Crippen LogP contribution in [0.5, 0.6) is 0 Å². The number of hydrogen-bond acceptors (Lipinski definition) is 6. The lowest BCUT2D eigenvalue weighted by Gasteiger charge is -2.13. The van der Waals surface area contributed by atoms with E-state index in [2.05, 4.69) is 46.1 Å². The first-order valence-corrected chi connectivity index (χ1v) is 10.1. The molecule has 0 atom stereocenters. The van der Waals surface area contributed by atoms with Crippen LogP contribution in [0.2, 0.25) is 0 Å². The van der Waals surface area contributed by atoms with Crippen molar-refractivity contribution in [2.45, 2.75) is 39.0 Å². The van der Waals surface area contributed by atoms with Crippen LogP contribution in [0.25, 0.3) is 17.3 Å². The predicted octanol–water partition coefficient (Wildman–Crippen LogP) is 4.19. The molecule has 0 spiro atoms. The maximum atomic E-state index is 12.6. The van der Waals surface area contributed by atoms with Crippen molar-refractivity contribution in [2.75, 3.05) is 5.32 Å². The number of aryl methyl sites for hydroxylation is 1. The standard InChI is InChI=1S/C23H24N6O2/c1-23(2,3)18-14-19(29(28-18)22-24-12-7-13-25-22)27-20(30)10-11-21-26-15-17(31-21)16-8-5-4-6-9-16/h4-9,12-15H,10-11H2,1-3H3,(H,27,30). The molecule has 3 heterocycles. The van der Waals surface area contributed by atoms with Crippen LogP contribution >= 0.6 is 0 Å². The molecule has 3 aromatic heterocycles. The third kappa shape index (κ3) is 4.85. The summed E-state index contributed by atoms with van der Waals surface area (Å²) in [6.07, 6.45) is 5.57. The van der Waals surface area contributed by atoms with Gasteiger partial charge in [0.2, 0.25) is 5.91 Å². The Bertz CT molecular complexity index is 1160. The van der Waals surface area contributed by atoms with E-state index < -0.39 is 0 Å². The van der Waals surface area contributed by atoms with Crippen molar-refractivity contribution in [3.63, 3.8) is 0 Å². The van der Waals surface area contributed by atoms with E-state index in [0.29, 0.717) is 29.8 Å². The lowest BCUT2D eigenvalue weighted by molar-refractivity contribution is -0.116. The molecule has 0 radical (unpaired) electrons. The molecule has 0 saturated heterocycles. The van der Waals surface area contributed by atoms with Crippen molar-refractivity contribution >= 4 is 11.7 Å². The molecule has 4 aromatic rings. The van der Waals surface area contributed by atoms with Gasteiger partial charge in [-0.1, -0.05) is 51.1 Å². The minimum absolute atomic E-state index is 0.169. The molecular formula is C23H24N6O2. The molecule has 0 aliphatic rings. The fourth-order valence-electron chi connectivity index (χ4n) is 2.98. The number of oxazole rings is 1. The van der Waals surface area contributed by atoms with Crippen molar-refractivity contribution in [1.82, 2.24) is 24.7 Å². The molecule has 158 valence electrons. The smallest absolute Gasteiger partial charge is 0.252 e. The normalized spacial score (nSPS) is 11.5. The van der Waals surface area contributed by atoms with Gasteiger partial charge in [-0.05, 0) is 6.07 Å². The Labute approximate surface area is 180 Å². The summed E-state index contributed by atoms with van der Waals surface area (Å²) in [5, 5.41) is 7.53. The van der Waals surface area contributed by atoms with Gasteiger partial charge in [0.15, 0.2) is 11.7 Å². The number of rotatable bonds is 6. The van der Waals surface area contributed by atoms with E-state index in [4.69, 9.17) is 4.42 Å². The summed E-state index contributed by atoms with van der Waals surface area (Å²) in [6, 6.07) is 13.3. The van der Waals surface area contributed by atoms with Crippen molar-refractivity contribution in [2.24, 2.45) is 0 Å². The van der Waals surface area contributed by atoms with Gasteiger partial charge in [-0.3, -0.25) is 4.79 Å². The first kappa shape index (κ1) is 20.5. The summed E-state index contributed by atoms with van der Waals surface area (Å²) in [7, 11) is 0. The molecule has 8 heteroatoms. The highest BCUT2D eigenvalue weighted by atomic mass is 16.4. The van der Waals surface area contributed by atoms with E-state index >= 15 is 0 Å². The summed E-state index contributed by atoms with van der Waals surface area (Å²) in [5.41, 5.74) is 1.59. The van der Waals surface area contributed by atoms with Gasteiger partial charge in [-0.25, -0.2) is 15.0 Å². The van der Waals surface area contributed by atoms with Gasteiger partial charge >= 0.3 is 0 Å². The van der Waals surface area contributed by atoms with Gasteiger partial charge < -0.3 is 9.73 Å². The Kier molecular flexibility index (Phi) is 5.62. The molecule has 0 fully saturated rings. The molecule has 0 bridgehead atoms. The Hall–Kier alpha value is -3.81. The van der Waals surface area contributed by atoms with Gasteiger partial charge in [0.1, 0.15) is 5.82 Å². The molecule has 1 amide bonds. The first-order chi connectivity index (χ1) is 14.9. The van der Waals surface area contributed by atoms with E-state index in [0.717, 1.165) is 11.3 Å². The van der Waals surface area contributed by atoms with E-state index in [1.54, 1.807) is 29.3 Å². The van der Waals surface area contributed by atoms with E-state index in [1.165, 1.54) is 0 Å². The number of carbonyl (C=O) groups is 1. The van der Waals surface area contributed by atoms with Gasteiger partial charge in [0, 0.05) is 42.3 Å². The van der Waals surface area contributed by atoms with Crippen molar-refractivity contribution in [1.29, 1.82) is 0 Å². The summed E-state index contributed by atoms with van der Waals surface area (Å²) in [4.78, 5) is 25.4. The van der Waals surface area contributed by atoms with E-state index in [1.807, 2.05) is 36.4 Å². The molecule has 8 nitrogen and oxygen atoms in total. The molecule has 1 aromatic carbocycles. The zero-order chi connectivity index (χ0) is 21.8. The highest BCUT2D eigenvalue weighted by molar-refractivity contribution is 5.90. The number of nitrogens with one attached hydrogen (secondary N) is 1. The Balaban J connectivity index is 1.46. The van der Waals surface area contributed by atoms with Gasteiger partial charge in [-0.15, -0.1) is 0 Å². The fraction of sp³-hybridized carbons (Fsp3) is 0.261. The van der Waals surface area contributed by atoms with Crippen LogP contribution in [0, 0.1) is 0 Å². The largest absolute Gasteiger partial charge is 0.441 e. The van der Waals surface area contributed by atoms with Gasteiger partial charge in [0.05, 0.1) is 11.9 Å². The maximum Gasteiger partial charge on any atom is 0.252 e. The molecule has 4 rings (SSSR count). The third-order valence-electron chi connectivity index (χ3n) is 4.66. The summed E-state index contributed by atoms with van der Waals surface area (Å²) >= 11 is 0. The predicted molar refractivity (Wildman–Crippen MR) is 117 cm³/mol. The van der Waals surface area contributed by atoms with E-state index in [-0.39, 0.29) is 17.7 Å². The van der Waals surface area contributed by atoms with Crippen LogP contribution in [0.3, 0.4) is 0 Å². The van der Waals surface area contributed by atoms with Gasteiger partial charge in [-0.2, -0.15) is 9.78 Å². The lowest BCUT2D eigenvalue weighted by atomic mass is 9.92. The van der Waals surface area contributed by atoms with Crippen LogP contribution in [-0.4, -0.2) is 30.6 Å². The topological polar surface area (TPSA) is 98.7 Å². The number of carbonyl (C=O) groups excluding carboxylic acids is 1. The number of hydrogen-bond donors (Lipinski definition) is 1. The SMILES string of the molecule is CC(C)(C)c1cc(NC(=O)CCc2ncc(-c3ccccc3)o2)n(-c2ncccn2)n1. The van der Waals surface area contributed by atoms with Crippen molar-refractivity contribution in [3.05, 3.63) is 72.6 Å². The van der Waals surface area contributed by atoms with Crippen LogP contribution in [0.1, 0.15) is 38.8 Å². The quantitative estimate of drug-likeness (QED) is 0.506. The highest BCUT2D eigenvalue weighted by Crippen LogP contribution is 2.25. The van der Waals surface area contributed by atoms with Crippen molar-refractivity contribution in [3.8, 4) is 17.3 Å². The molecule has 0 unspecified atom stereocenters. The number of anilines is 1. The minimum Gasteiger partial charge on any atom is -0.441 e. The van der Waals surface area contributed by atoms with Crippen molar-refractivity contribution < 1.29 is 9.21 Å². The average molecular weight is 416 g/mol. The molecule has 0 aliphatic heterocycles. The molecule has 1 N–H and O–H groups in total. The minimum atomic E-state index is -0.189. The average Bonchev–Trinajstić information content (AvgIpc) is 3.41. The molecule has 31 heavy (non-hydrogen) atoms. The number of nitrogens with zero attached hydrogens (tertiary/aromatic N) is 5. The Morgan fingerprint density at radius 2 is 1.81 bits per heavy atom. The monoisotopic (exact) mass is 416 g/mol. The second-order valence-corrected chi connectivity index (χ2v) is 8.16. The summed E-state index contributed by atoms with van der Waals surface area (Å²) in [6.45, 7) is 6.18. The second-order valence-electron chi connectivity index (χ2n) is 8.16. The Morgan fingerprint density at radius 1 is 1.06 bits per heavy atom. The zero-order valence-corrected chi connectivity index (χ0v) is 17.7. The number of amides is 1. The van der Waals surface area contributed by atoms with E-state index in [9.17, 15) is 4.79 Å². The van der Waals surface area contributed by atoms with Crippen LogP contribution in [-0.2, 0) is 16.6 Å². The summed E-state index contributed by atoms with van der Waals surface area (Å²) in [5.74, 6) is 1.96. The molecular weight excluding hydrogens is 392 g/mol. The summed E-state index contributed by atoms with van der Waals surface area (Å²) < 4.78 is 7.34. The zero-order valence-electron chi connectivity index (χ0n) is 17.7. The molecule has 0 saturated carbocycles. The first-order valence-electron chi connectivity index (χ1n) is 10.1.